The second-order valence-electron chi connectivity index (χ2n) is 6.29. The smallest absolute Gasteiger partial charge is 0.183 e. The lowest BCUT2D eigenvalue weighted by atomic mass is 9.92. The lowest BCUT2D eigenvalue weighted by Crippen LogP contribution is -2.11. The second kappa shape index (κ2) is 5.65. The van der Waals surface area contributed by atoms with Crippen LogP contribution in [0.3, 0.4) is 0 Å². The lowest BCUT2D eigenvalue weighted by Gasteiger charge is -2.15. The molecule has 0 atom stereocenters. The maximum atomic E-state index is 9.16. The van der Waals surface area contributed by atoms with E-state index in [1.54, 1.807) is 12.1 Å². The molecule has 114 valence electrons. The number of azo groups is 1. The van der Waals surface area contributed by atoms with Crippen LogP contribution in [-0.4, -0.2) is 9.38 Å². The van der Waals surface area contributed by atoms with E-state index >= 15 is 0 Å². The third-order valence-corrected chi connectivity index (χ3v) is 3.49. The van der Waals surface area contributed by atoms with Crippen LogP contribution >= 0.6 is 0 Å². The van der Waals surface area contributed by atoms with Crippen molar-refractivity contribution in [1.29, 1.82) is 5.26 Å². The normalized spacial score (nSPS) is 11.9. The number of fused-ring (bicyclic) bond motifs is 1. The lowest BCUT2D eigenvalue weighted by molar-refractivity contribution is 0.574. The van der Waals surface area contributed by atoms with Gasteiger partial charge in [0.25, 0.3) is 0 Å². The van der Waals surface area contributed by atoms with Crippen LogP contribution in [0.4, 0.5) is 11.5 Å². The summed E-state index contributed by atoms with van der Waals surface area (Å²) in [5.74, 6) is 0.695. The van der Waals surface area contributed by atoms with Crippen molar-refractivity contribution >= 4 is 17.2 Å². The first-order valence-electron chi connectivity index (χ1n) is 7.39. The van der Waals surface area contributed by atoms with Gasteiger partial charge in [0.2, 0.25) is 0 Å². The van der Waals surface area contributed by atoms with Gasteiger partial charge in [0, 0.05) is 11.6 Å². The molecule has 2 heterocycles. The van der Waals surface area contributed by atoms with E-state index in [1.165, 1.54) is 0 Å². The van der Waals surface area contributed by atoms with Gasteiger partial charge in [-0.2, -0.15) is 5.26 Å². The van der Waals surface area contributed by atoms with Crippen molar-refractivity contribution in [3.63, 3.8) is 0 Å². The largest absolute Gasteiger partial charge is 0.283 e. The van der Waals surface area contributed by atoms with E-state index in [-0.39, 0.29) is 5.41 Å². The topological polar surface area (TPSA) is 65.8 Å². The highest BCUT2D eigenvalue weighted by molar-refractivity contribution is 5.56. The highest BCUT2D eigenvalue weighted by Gasteiger charge is 2.24. The highest BCUT2D eigenvalue weighted by atomic mass is 15.2. The number of pyridine rings is 1. The summed E-state index contributed by atoms with van der Waals surface area (Å²) in [5, 5.41) is 17.9. The summed E-state index contributed by atoms with van der Waals surface area (Å²) < 4.78 is 1.92. The molecule has 5 heteroatoms. The summed E-state index contributed by atoms with van der Waals surface area (Å²) in [5.41, 5.74) is 2.61. The van der Waals surface area contributed by atoms with Gasteiger partial charge in [-0.05, 0) is 24.3 Å². The maximum absolute atomic E-state index is 9.16. The predicted molar refractivity (Wildman–Crippen MR) is 89.2 cm³/mol. The Hall–Kier alpha value is -3.00. The molecule has 23 heavy (non-hydrogen) atoms. The third-order valence-electron chi connectivity index (χ3n) is 3.49. The summed E-state index contributed by atoms with van der Waals surface area (Å²) in [4.78, 5) is 4.68. The van der Waals surface area contributed by atoms with Gasteiger partial charge >= 0.3 is 0 Å². The first-order chi connectivity index (χ1) is 11.0. The van der Waals surface area contributed by atoms with Crippen LogP contribution in [0.25, 0.3) is 5.65 Å². The fourth-order valence-corrected chi connectivity index (χ4v) is 2.34. The van der Waals surface area contributed by atoms with Crippen LogP contribution in [0.15, 0.2) is 58.9 Å². The molecule has 0 aliphatic carbocycles. The van der Waals surface area contributed by atoms with Crippen LogP contribution in [0, 0.1) is 11.3 Å². The minimum atomic E-state index is -0.158. The standard InChI is InChI=1S/C18H17N5/c1-18(2,3)16-17(23-11-7-6-10-15(23)20-16)22-21-14-9-5-4-8-13(14)12-19/h4-11H,1-3H3. The summed E-state index contributed by atoms with van der Waals surface area (Å²) in [7, 11) is 0. The van der Waals surface area contributed by atoms with Gasteiger partial charge in [-0.15, -0.1) is 10.2 Å². The van der Waals surface area contributed by atoms with Crippen LogP contribution in [-0.2, 0) is 5.41 Å². The fourth-order valence-electron chi connectivity index (χ4n) is 2.34. The molecule has 0 saturated heterocycles. The predicted octanol–water partition coefficient (Wildman–Crippen LogP) is 4.92. The first kappa shape index (κ1) is 14.9. The monoisotopic (exact) mass is 303 g/mol. The maximum Gasteiger partial charge on any atom is 0.183 e. The third kappa shape index (κ3) is 2.84. The average molecular weight is 303 g/mol. The number of nitrogens with zero attached hydrogens (tertiary/aromatic N) is 5. The Kier molecular flexibility index (Phi) is 3.67. The minimum absolute atomic E-state index is 0.158. The minimum Gasteiger partial charge on any atom is -0.283 e. The molecular formula is C18H17N5. The van der Waals surface area contributed by atoms with Crippen molar-refractivity contribution < 1.29 is 0 Å². The molecule has 0 fully saturated rings. The van der Waals surface area contributed by atoms with Crippen LogP contribution in [0.1, 0.15) is 32.0 Å². The molecule has 0 saturated carbocycles. The molecule has 0 unspecified atom stereocenters. The Balaban J connectivity index is 2.16. The van der Waals surface area contributed by atoms with E-state index in [1.807, 2.05) is 40.9 Å². The van der Waals surface area contributed by atoms with Crippen molar-refractivity contribution in [1.82, 2.24) is 9.38 Å². The Morgan fingerprint density at radius 2 is 1.78 bits per heavy atom. The van der Waals surface area contributed by atoms with E-state index in [0.717, 1.165) is 11.3 Å². The fraction of sp³-hybridized carbons (Fsp3) is 0.222. The quantitative estimate of drug-likeness (QED) is 0.631. The van der Waals surface area contributed by atoms with Gasteiger partial charge in [-0.3, -0.25) is 4.40 Å². The summed E-state index contributed by atoms with van der Waals surface area (Å²) in [6.45, 7) is 6.28. The summed E-state index contributed by atoms with van der Waals surface area (Å²) in [6, 6.07) is 15.1. The number of rotatable bonds is 2. The van der Waals surface area contributed by atoms with Crippen molar-refractivity contribution in [2.45, 2.75) is 26.2 Å². The second-order valence-corrected chi connectivity index (χ2v) is 6.29. The molecule has 0 aliphatic heterocycles. The van der Waals surface area contributed by atoms with E-state index in [2.05, 4.69) is 42.1 Å². The molecule has 2 aromatic heterocycles. The number of nitriles is 1. The Bertz CT molecular complexity index is 922. The average Bonchev–Trinajstić information content (AvgIpc) is 2.92. The molecule has 0 radical (unpaired) electrons. The molecule has 1 aromatic carbocycles. The molecule has 0 N–H and O–H groups in total. The van der Waals surface area contributed by atoms with Gasteiger partial charge < -0.3 is 0 Å². The molecule has 5 nitrogen and oxygen atoms in total. The Labute approximate surface area is 134 Å². The molecule has 0 spiro atoms. The molecule has 3 rings (SSSR count). The zero-order valence-corrected chi connectivity index (χ0v) is 13.4. The van der Waals surface area contributed by atoms with E-state index in [4.69, 9.17) is 5.26 Å². The zero-order chi connectivity index (χ0) is 16.4. The van der Waals surface area contributed by atoms with Crippen LogP contribution in [0.2, 0.25) is 0 Å². The van der Waals surface area contributed by atoms with E-state index < -0.39 is 0 Å². The van der Waals surface area contributed by atoms with E-state index in [9.17, 15) is 0 Å². The molecule has 0 bridgehead atoms. The number of benzene rings is 1. The van der Waals surface area contributed by atoms with Crippen LogP contribution in [0.5, 0.6) is 0 Å². The van der Waals surface area contributed by atoms with E-state index in [0.29, 0.717) is 17.1 Å². The van der Waals surface area contributed by atoms with Crippen molar-refractivity contribution in [2.24, 2.45) is 10.2 Å². The van der Waals surface area contributed by atoms with Crippen molar-refractivity contribution in [2.75, 3.05) is 0 Å². The van der Waals surface area contributed by atoms with Gasteiger partial charge in [0.05, 0.1) is 11.3 Å². The first-order valence-corrected chi connectivity index (χ1v) is 7.39. The van der Waals surface area contributed by atoms with Gasteiger partial charge in [-0.1, -0.05) is 39.0 Å². The number of hydrogen-bond donors (Lipinski definition) is 0. The van der Waals surface area contributed by atoms with Crippen molar-refractivity contribution in [3.8, 4) is 6.07 Å². The van der Waals surface area contributed by atoms with Gasteiger partial charge in [0.15, 0.2) is 5.82 Å². The van der Waals surface area contributed by atoms with Crippen molar-refractivity contribution in [3.05, 3.63) is 59.9 Å². The molecule has 0 aliphatic rings. The summed E-state index contributed by atoms with van der Waals surface area (Å²) >= 11 is 0. The number of imidazole rings is 1. The SMILES string of the molecule is CC(C)(C)c1nc2ccccn2c1N=Nc1ccccc1C#N. The number of aromatic nitrogens is 2. The van der Waals surface area contributed by atoms with Gasteiger partial charge in [0.1, 0.15) is 17.4 Å². The highest BCUT2D eigenvalue weighted by Crippen LogP contribution is 2.33. The Morgan fingerprint density at radius 3 is 2.52 bits per heavy atom. The summed E-state index contributed by atoms with van der Waals surface area (Å²) in [6.07, 6.45) is 1.92. The van der Waals surface area contributed by atoms with Crippen LogP contribution < -0.4 is 0 Å². The van der Waals surface area contributed by atoms with Gasteiger partial charge in [-0.25, -0.2) is 4.98 Å². The molecule has 0 amide bonds. The zero-order valence-electron chi connectivity index (χ0n) is 13.4. The number of hydrogen-bond acceptors (Lipinski definition) is 4. The molecular weight excluding hydrogens is 286 g/mol. The Morgan fingerprint density at radius 1 is 1.04 bits per heavy atom. The molecule has 3 aromatic rings.